The Labute approximate surface area is 121 Å². The molecule has 0 aromatic carbocycles. The molecule has 0 saturated carbocycles. The molecule has 0 bridgehead atoms. The van der Waals surface area contributed by atoms with E-state index in [1.54, 1.807) is 19.1 Å². The van der Waals surface area contributed by atoms with Gasteiger partial charge in [0.25, 0.3) is 11.8 Å². The third-order valence-corrected chi connectivity index (χ3v) is 2.66. The summed E-state index contributed by atoms with van der Waals surface area (Å²) >= 11 is 0. The molecule has 2 N–H and O–H groups in total. The highest BCUT2D eigenvalue weighted by Gasteiger charge is 2.13. The third kappa shape index (κ3) is 3.88. The van der Waals surface area contributed by atoms with Crippen molar-refractivity contribution in [3.8, 4) is 0 Å². The number of carbonyl (C=O) groups is 2. The first kappa shape index (κ1) is 14.7. The second-order valence-electron chi connectivity index (χ2n) is 4.46. The smallest absolute Gasteiger partial charge is 0.275 e. The van der Waals surface area contributed by atoms with E-state index in [9.17, 15) is 9.59 Å². The van der Waals surface area contributed by atoms with E-state index in [0.29, 0.717) is 23.7 Å². The van der Waals surface area contributed by atoms with E-state index in [1.807, 2.05) is 6.92 Å². The molecule has 0 spiro atoms. The summed E-state index contributed by atoms with van der Waals surface area (Å²) in [5.74, 6) is 0.213. The normalized spacial score (nSPS) is 10.2. The molecule has 2 heterocycles. The number of amides is 2. The second kappa shape index (κ2) is 6.65. The zero-order valence-corrected chi connectivity index (χ0v) is 11.8. The van der Waals surface area contributed by atoms with Gasteiger partial charge in [-0.25, -0.2) is 0 Å². The summed E-state index contributed by atoms with van der Waals surface area (Å²) in [5.41, 5.74) is 0.528. The van der Waals surface area contributed by atoms with Gasteiger partial charge in [0, 0.05) is 24.4 Å². The predicted octanol–water partition coefficient (Wildman–Crippen LogP) is 1.77. The average molecular weight is 288 g/mol. The Bertz CT molecular complexity index is 651. The molecule has 0 radical (unpaired) electrons. The Balaban J connectivity index is 2.09. The number of hydrogen-bond donors (Lipinski definition) is 2. The van der Waals surface area contributed by atoms with E-state index < -0.39 is 5.91 Å². The van der Waals surface area contributed by atoms with E-state index in [-0.39, 0.29) is 11.6 Å². The molecule has 7 heteroatoms. The van der Waals surface area contributed by atoms with Crippen LogP contribution < -0.4 is 10.6 Å². The quantitative estimate of drug-likeness (QED) is 0.874. The molecule has 2 rings (SSSR count). The predicted molar refractivity (Wildman–Crippen MR) is 76.1 cm³/mol. The number of aryl methyl sites for hydroxylation is 1. The van der Waals surface area contributed by atoms with Gasteiger partial charge in [-0.15, -0.1) is 0 Å². The second-order valence-corrected chi connectivity index (χ2v) is 4.46. The van der Waals surface area contributed by atoms with Crippen LogP contribution in [0.15, 0.2) is 28.9 Å². The van der Waals surface area contributed by atoms with Crippen molar-refractivity contribution < 1.29 is 14.1 Å². The summed E-state index contributed by atoms with van der Waals surface area (Å²) in [6.07, 6.45) is 2.26. The minimum absolute atomic E-state index is 0.139. The molecule has 0 aliphatic heterocycles. The molecule has 2 aromatic rings. The van der Waals surface area contributed by atoms with Crippen LogP contribution in [0, 0.1) is 6.92 Å². The van der Waals surface area contributed by atoms with Crippen LogP contribution in [0.3, 0.4) is 0 Å². The maximum Gasteiger partial charge on any atom is 0.275 e. The summed E-state index contributed by atoms with van der Waals surface area (Å²) in [6.45, 7) is 4.27. The van der Waals surface area contributed by atoms with Crippen LogP contribution >= 0.6 is 0 Å². The van der Waals surface area contributed by atoms with Gasteiger partial charge in [0.05, 0.1) is 0 Å². The van der Waals surface area contributed by atoms with E-state index in [0.717, 1.165) is 6.42 Å². The van der Waals surface area contributed by atoms with Crippen molar-refractivity contribution in [1.29, 1.82) is 0 Å². The summed E-state index contributed by atoms with van der Waals surface area (Å²) < 4.78 is 4.86. The largest absolute Gasteiger partial charge is 0.360 e. The molecule has 0 unspecified atom stereocenters. The van der Waals surface area contributed by atoms with E-state index in [4.69, 9.17) is 4.52 Å². The number of hydrogen-bond acceptors (Lipinski definition) is 5. The van der Waals surface area contributed by atoms with Gasteiger partial charge >= 0.3 is 0 Å². The monoisotopic (exact) mass is 288 g/mol. The van der Waals surface area contributed by atoms with Gasteiger partial charge in [0.1, 0.15) is 11.5 Å². The SMILES string of the molecule is CCCNC(=O)c1ccnc(C(=O)Nc2cc(C)on2)c1. The molecule has 0 aliphatic rings. The van der Waals surface area contributed by atoms with Crippen LogP contribution in [0.5, 0.6) is 0 Å². The van der Waals surface area contributed by atoms with Gasteiger partial charge in [-0.05, 0) is 25.5 Å². The summed E-state index contributed by atoms with van der Waals surface area (Å²) in [5, 5.41) is 8.96. The van der Waals surface area contributed by atoms with Crippen molar-refractivity contribution in [1.82, 2.24) is 15.5 Å². The van der Waals surface area contributed by atoms with Crippen molar-refractivity contribution >= 4 is 17.6 Å². The lowest BCUT2D eigenvalue weighted by atomic mass is 10.2. The van der Waals surface area contributed by atoms with Gasteiger partial charge < -0.3 is 15.2 Å². The number of nitrogens with zero attached hydrogens (tertiary/aromatic N) is 2. The van der Waals surface area contributed by atoms with E-state index >= 15 is 0 Å². The zero-order valence-electron chi connectivity index (χ0n) is 11.8. The first-order valence-corrected chi connectivity index (χ1v) is 6.59. The minimum Gasteiger partial charge on any atom is -0.360 e. The van der Waals surface area contributed by atoms with Crippen molar-refractivity contribution in [2.45, 2.75) is 20.3 Å². The van der Waals surface area contributed by atoms with Gasteiger partial charge in [-0.1, -0.05) is 12.1 Å². The maximum atomic E-state index is 12.0. The Morgan fingerprint density at radius 1 is 1.29 bits per heavy atom. The number of nitrogens with one attached hydrogen (secondary N) is 2. The number of carbonyl (C=O) groups excluding carboxylic acids is 2. The molecule has 2 amide bonds. The summed E-state index contributed by atoms with van der Waals surface area (Å²) in [7, 11) is 0. The van der Waals surface area contributed by atoms with Crippen molar-refractivity contribution in [2.75, 3.05) is 11.9 Å². The minimum atomic E-state index is -0.451. The summed E-state index contributed by atoms with van der Waals surface area (Å²) in [4.78, 5) is 27.8. The lowest BCUT2D eigenvalue weighted by Crippen LogP contribution is -2.24. The molecule has 0 fully saturated rings. The van der Waals surface area contributed by atoms with Crippen molar-refractivity contribution in [2.24, 2.45) is 0 Å². The average Bonchev–Trinajstić information content (AvgIpc) is 2.90. The fourth-order valence-corrected chi connectivity index (χ4v) is 1.64. The summed E-state index contributed by atoms with van der Waals surface area (Å²) in [6, 6.07) is 4.59. The molecule has 0 atom stereocenters. The third-order valence-electron chi connectivity index (χ3n) is 2.66. The first-order chi connectivity index (χ1) is 10.1. The number of rotatable bonds is 5. The van der Waals surface area contributed by atoms with Crippen LogP contribution in [-0.4, -0.2) is 28.5 Å². The van der Waals surface area contributed by atoms with Crippen molar-refractivity contribution in [3.05, 3.63) is 41.4 Å². The topological polar surface area (TPSA) is 97.1 Å². The fourth-order valence-electron chi connectivity index (χ4n) is 1.64. The molecule has 7 nitrogen and oxygen atoms in total. The highest BCUT2D eigenvalue weighted by Crippen LogP contribution is 2.09. The Morgan fingerprint density at radius 3 is 2.76 bits per heavy atom. The Kier molecular flexibility index (Phi) is 4.65. The highest BCUT2D eigenvalue weighted by molar-refractivity contribution is 6.04. The van der Waals surface area contributed by atoms with Crippen molar-refractivity contribution in [3.63, 3.8) is 0 Å². The van der Waals surface area contributed by atoms with Gasteiger partial charge in [0.15, 0.2) is 5.82 Å². The van der Waals surface area contributed by atoms with Gasteiger partial charge in [-0.2, -0.15) is 0 Å². The fraction of sp³-hybridized carbons (Fsp3) is 0.286. The van der Waals surface area contributed by atoms with Crippen LogP contribution in [0.25, 0.3) is 0 Å². The van der Waals surface area contributed by atoms with Crippen LogP contribution in [0.2, 0.25) is 0 Å². The van der Waals surface area contributed by atoms with Crippen LogP contribution in [-0.2, 0) is 0 Å². The Hall–Kier alpha value is -2.70. The number of anilines is 1. The lowest BCUT2D eigenvalue weighted by molar-refractivity contribution is 0.0953. The molecule has 0 aliphatic carbocycles. The van der Waals surface area contributed by atoms with Crippen LogP contribution in [0.1, 0.15) is 40.0 Å². The van der Waals surface area contributed by atoms with Gasteiger partial charge in [-0.3, -0.25) is 14.6 Å². The molecular weight excluding hydrogens is 272 g/mol. The van der Waals surface area contributed by atoms with E-state index in [2.05, 4.69) is 20.8 Å². The number of aromatic nitrogens is 2. The molecule has 110 valence electrons. The molecule has 21 heavy (non-hydrogen) atoms. The van der Waals surface area contributed by atoms with E-state index in [1.165, 1.54) is 12.3 Å². The van der Waals surface area contributed by atoms with Gasteiger partial charge in [0.2, 0.25) is 0 Å². The standard InChI is InChI=1S/C14H16N4O3/c1-3-5-16-13(19)10-4-6-15-11(8-10)14(20)17-12-7-9(2)21-18-12/h4,6-8H,3,5H2,1-2H3,(H,16,19)(H,17,18,20). The number of pyridine rings is 1. The lowest BCUT2D eigenvalue weighted by Gasteiger charge is -2.05. The highest BCUT2D eigenvalue weighted by atomic mass is 16.5. The Morgan fingerprint density at radius 2 is 2.10 bits per heavy atom. The molecule has 2 aromatic heterocycles. The first-order valence-electron chi connectivity index (χ1n) is 6.59. The molecule has 0 saturated heterocycles. The molecular formula is C14H16N4O3. The zero-order chi connectivity index (χ0) is 15.2. The maximum absolute atomic E-state index is 12.0. The van der Waals surface area contributed by atoms with Crippen LogP contribution in [0.4, 0.5) is 5.82 Å².